The van der Waals surface area contributed by atoms with E-state index in [4.69, 9.17) is 4.74 Å². The predicted octanol–water partition coefficient (Wildman–Crippen LogP) is 2.15. The first-order chi connectivity index (χ1) is 7.77. The summed E-state index contributed by atoms with van der Waals surface area (Å²) in [5.41, 5.74) is -0.529. The quantitative estimate of drug-likeness (QED) is 0.904. The van der Waals surface area contributed by atoms with E-state index in [0.717, 1.165) is 4.47 Å². The maximum Gasteiger partial charge on any atom is 0.240 e. The summed E-state index contributed by atoms with van der Waals surface area (Å²) in [6, 6.07) is 6.56. The lowest BCUT2D eigenvalue weighted by Gasteiger charge is -2.23. The van der Waals surface area contributed by atoms with Crippen molar-refractivity contribution in [3.63, 3.8) is 0 Å². The van der Waals surface area contributed by atoms with Crippen LogP contribution in [-0.2, 0) is 14.8 Å². The van der Waals surface area contributed by atoms with Crippen molar-refractivity contribution in [2.45, 2.75) is 24.3 Å². The Balaban J connectivity index is 2.83. The maximum atomic E-state index is 12.0. The van der Waals surface area contributed by atoms with Gasteiger partial charge in [0.2, 0.25) is 10.0 Å². The van der Waals surface area contributed by atoms with Gasteiger partial charge in [-0.05, 0) is 32.0 Å². The Morgan fingerprint density at radius 1 is 1.41 bits per heavy atom. The fourth-order valence-corrected chi connectivity index (χ4v) is 2.85. The number of hydrogen-bond acceptors (Lipinski definition) is 3. The van der Waals surface area contributed by atoms with Gasteiger partial charge in [0.05, 0.1) is 10.5 Å². The molecule has 0 spiro atoms. The highest BCUT2D eigenvalue weighted by molar-refractivity contribution is 9.10. The lowest BCUT2D eigenvalue weighted by molar-refractivity contribution is 0.0276. The zero-order chi connectivity index (χ0) is 13.1. The van der Waals surface area contributed by atoms with E-state index >= 15 is 0 Å². The van der Waals surface area contributed by atoms with Crippen LogP contribution in [-0.4, -0.2) is 27.7 Å². The number of ether oxygens (including phenoxy) is 1. The lowest BCUT2D eigenvalue weighted by Crippen LogP contribution is -2.39. The molecule has 0 saturated heterocycles. The first kappa shape index (κ1) is 14.6. The second kappa shape index (κ2) is 5.48. The van der Waals surface area contributed by atoms with Crippen LogP contribution in [0.4, 0.5) is 0 Å². The van der Waals surface area contributed by atoms with Gasteiger partial charge in [0.1, 0.15) is 0 Å². The summed E-state index contributed by atoms with van der Waals surface area (Å²) in [5, 5.41) is 0. The van der Waals surface area contributed by atoms with Crippen molar-refractivity contribution in [1.29, 1.82) is 0 Å². The highest BCUT2D eigenvalue weighted by Crippen LogP contribution is 2.16. The van der Waals surface area contributed by atoms with Crippen LogP contribution in [0.1, 0.15) is 13.8 Å². The van der Waals surface area contributed by atoms with Gasteiger partial charge in [-0.25, -0.2) is 13.1 Å². The third kappa shape index (κ3) is 4.39. The smallest absolute Gasteiger partial charge is 0.240 e. The molecule has 0 bridgehead atoms. The molecule has 1 aromatic carbocycles. The molecule has 1 aromatic rings. The summed E-state index contributed by atoms with van der Waals surface area (Å²) in [4.78, 5) is 0.235. The van der Waals surface area contributed by atoms with Crippen LogP contribution in [0.5, 0.6) is 0 Å². The van der Waals surface area contributed by atoms with E-state index in [-0.39, 0.29) is 11.4 Å². The minimum atomic E-state index is -3.49. The third-order valence-corrected chi connectivity index (χ3v) is 4.24. The topological polar surface area (TPSA) is 55.4 Å². The van der Waals surface area contributed by atoms with Crippen molar-refractivity contribution < 1.29 is 13.2 Å². The van der Waals surface area contributed by atoms with Gasteiger partial charge in [-0.1, -0.05) is 22.0 Å². The number of methoxy groups -OCH3 is 1. The Morgan fingerprint density at radius 2 is 2.06 bits per heavy atom. The van der Waals surface area contributed by atoms with Crippen LogP contribution < -0.4 is 4.72 Å². The molecule has 0 saturated carbocycles. The first-order valence-electron chi connectivity index (χ1n) is 5.07. The summed E-state index contributed by atoms with van der Waals surface area (Å²) in [6.07, 6.45) is 0. The van der Waals surface area contributed by atoms with Crippen molar-refractivity contribution in [1.82, 2.24) is 4.72 Å². The van der Waals surface area contributed by atoms with Gasteiger partial charge in [-0.2, -0.15) is 0 Å². The molecule has 0 aliphatic heterocycles. The van der Waals surface area contributed by atoms with E-state index in [2.05, 4.69) is 20.7 Å². The molecular formula is C11H16BrNO3S. The summed E-state index contributed by atoms with van der Waals surface area (Å²) >= 11 is 3.24. The second-order valence-corrected chi connectivity index (χ2v) is 6.93. The molecule has 0 aliphatic carbocycles. The lowest BCUT2D eigenvalue weighted by atomic mass is 10.1. The molecule has 6 heteroatoms. The largest absolute Gasteiger partial charge is 0.377 e. The first-order valence-corrected chi connectivity index (χ1v) is 7.35. The van der Waals surface area contributed by atoms with Gasteiger partial charge in [0.15, 0.2) is 0 Å². The zero-order valence-electron chi connectivity index (χ0n) is 10.0. The number of rotatable bonds is 5. The summed E-state index contributed by atoms with van der Waals surface area (Å²) in [6.45, 7) is 3.85. The number of nitrogens with one attached hydrogen (secondary N) is 1. The Labute approximate surface area is 111 Å². The van der Waals surface area contributed by atoms with Gasteiger partial charge in [0.25, 0.3) is 0 Å². The van der Waals surface area contributed by atoms with Crippen LogP contribution in [0.3, 0.4) is 0 Å². The number of halogens is 1. The molecule has 1 N–H and O–H groups in total. The van der Waals surface area contributed by atoms with Crippen molar-refractivity contribution in [3.05, 3.63) is 28.7 Å². The van der Waals surface area contributed by atoms with Gasteiger partial charge < -0.3 is 4.74 Å². The SMILES string of the molecule is COC(C)(C)CNS(=O)(=O)c1cccc(Br)c1. The molecule has 4 nitrogen and oxygen atoms in total. The van der Waals surface area contributed by atoms with Crippen LogP contribution in [0, 0.1) is 0 Å². The normalized spacial score (nSPS) is 12.7. The molecule has 0 amide bonds. The molecule has 96 valence electrons. The molecule has 0 unspecified atom stereocenters. The number of sulfonamides is 1. The average molecular weight is 322 g/mol. The fraction of sp³-hybridized carbons (Fsp3) is 0.455. The second-order valence-electron chi connectivity index (χ2n) is 4.25. The van der Waals surface area contributed by atoms with E-state index < -0.39 is 15.6 Å². The zero-order valence-corrected chi connectivity index (χ0v) is 12.4. The summed E-state index contributed by atoms with van der Waals surface area (Å²) in [7, 11) is -1.94. The predicted molar refractivity (Wildman–Crippen MR) is 70.4 cm³/mol. The van der Waals surface area contributed by atoms with E-state index in [1.54, 1.807) is 31.4 Å². The molecule has 17 heavy (non-hydrogen) atoms. The number of hydrogen-bond donors (Lipinski definition) is 1. The van der Waals surface area contributed by atoms with Crippen molar-refractivity contribution >= 4 is 26.0 Å². The molecule has 0 atom stereocenters. The average Bonchev–Trinajstić information content (AvgIpc) is 2.27. The minimum absolute atomic E-state index is 0.221. The van der Waals surface area contributed by atoms with E-state index in [0.29, 0.717) is 0 Å². The monoisotopic (exact) mass is 321 g/mol. The standard InChI is InChI=1S/C11H16BrNO3S/c1-11(2,16-3)8-13-17(14,15)10-6-4-5-9(12)7-10/h4-7,13H,8H2,1-3H3. The molecular weight excluding hydrogens is 306 g/mol. The highest BCUT2D eigenvalue weighted by atomic mass is 79.9. The summed E-state index contributed by atoms with van der Waals surface area (Å²) in [5.74, 6) is 0. The van der Waals surface area contributed by atoms with Crippen molar-refractivity contribution in [2.24, 2.45) is 0 Å². The highest BCUT2D eigenvalue weighted by Gasteiger charge is 2.21. The molecule has 0 aromatic heterocycles. The molecule has 0 fully saturated rings. The van der Waals surface area contributed by atoms with Crippen LogP contribution in [0.2, 0.25) is 0 Å². The Morgan fingerprint density at radius 3 is 2.59 bits per heavy atom. The van der Waals surface area contributed by atoms with Gasteiger partial charge in [-0.15, -0.1) is 0 Å². The van der Waals surface area contributed by atoms with Crippen LogP contribution >= 0.6 is 15.9 Å². The minimum Gasteiger partial charge on any atom is -0.377 e. The fourth-order valence-electron chi connectivity index (χ4n) is 1.06. The molecule has 0 heterocycles. The van der Waals surface area contributed by atoms with E-state index in [1.807, 2.05) is 13.8 Å². The molecule has 1 rings (SSSR count). The van der Waals surface area contributed by atoms with Gasteiger partial charge >= 0.3 is 0 Å². The summed E-state index contributed by atoms with van der Waals surface area (Å²) < 4.78 is 32.3. The Bertz CT molecular complexity index is 485. The van der Waals surface area contributed by atoms with Crippen LogP contribution in [0.25, 0.3) is 0 Å². The van der Waals surface area contributed by atoms with Crippen LogP contribution in [0.15, 0.2) is 33.6 Å². The maximum absolute atomic E-state index is 12.0. The number of benzene rings is 1. The van der Waals surface area contributed by atoms with Gasteiger partial charge in [-0.3, -0.25) is 0 Å². The van der Waals surface area contributed by atoms with E-state index in [1.165, 1.54) is 0 Å². The Kier molecular flexibility index (Phi) is 4.71. The van der Waals surface area contributed by atoms with E-state index in [9.17, 15) is 8.42 Å². The van der Waals surface area contributed by atoms with Gasteiger partial charge in [0, 0.05) is 18.1 Å². The van der Waals surface area contributed by atoms with Crippen molar-refractivity contribution in [2.75, 3.05) is 13.7 Å². The molecule has 0 radical (unpaired) electrons. The third-order valence-electron chi connectivity index (χ3n) is 2.35. The van der Waals surface area contributed by atoms with Crippen molar-refractivity contribution in [3.8, 4) is 0 Å². The Hall–Kier alpha value is -0.430. The molecule has 0 aliphatic rings.